The van der Waals surface area contributed by atoms with Crippen molar-refractivity contribution in [1.29, 1.82) is 0 Å². The maximum absolute atomic E-state index is 14.3. The molecule has 4 atom stereocenters. The van der Waals surface area contributed by atoms with Crippen molar-refractivity contribution < 1.29 is 23.9 Å². The minimum absolute atomic E-state index is 0. The molecule has 9 nitrogen and oxygen atoms in total. The number of esters is 2. The Hall–Kier alpha value is -3.76. The van der Waals surface area contributed by atoms with Gasteiger partial charge in [-0.1, -0.05) is 105 Å². The van der Waals surface area contributed by atoms with E-state index in [-0.39, 0.29) is 59.7 Å². The number of rotatable bonds is 16. The SMILES string of the molecule is [CH2-]Cc1c2[n-]c(c1C)/C=C1\[N-]/C(=C3\c4[n-]c(c(C)c4C(=O)[C@@H]3C(=O)OC)Cc3[n-]c(c(C)c3CC)C2)[C@@H](CCC(=O)OC/C=C(\C)CCC[C@H](C)CCCC(C)C)[C@@H]1C.[Mg+2]. The number of methoxy groups -OCH3 is 1. The number of carbonyl (C=O) groups excluding carboxylic acids is 3. The molecule has 2 aliphatic heterocycles. The Morgan fingerprint density at radius 1 is 0.917 bits per heavy atom. The summed E-state index contributed by atoms with van der Waals surface area (Å²) < 4.78 is 11.0. The number of carbonyl (C=O) groups is 3. The van der Waals surface area contributed by atoms with E-state index in [1.807, 2.05) is 19.1 Å². The predicted molar refractivity (Wildman–Crippen MR) is 240 cm³/mol. The van der Waals surface area contributed by atoms with Crippen LogP contribution in [-0.4, -0.2) is 54.5 Å². The minimum atomic E-state index is -1.19. The Kier molecular flexibility index (Phi) is 16.1. The van der Waals surface area contributed by atoms with Gasteiger partial charge in [0.05, 0.1) is 7.11 Å². The number of fused-ring (bicyclic) bond motifs is 7. The molecule has 10 heteroatoms. The summed E-state index contributed by atoms with van der Waals surface area (Å²) in [5.41, 5.74) is 13.8. The zero-order valence-electron chi connectivity index (χ0n) is 38.0. The number of aromatic nitrogens is 3. The molecule has 8 bridgehead atoms. The van der Waals surface area contributed by atoms with Gasteiger partial charge in [-0.2, -0.15) is 40.6 Å². The molecule has 6 rings (SSSR count). The molecular weight excluding hydrogens is 761 g/mol. The maximum atomic E-state index is 14.3. The van der Waals surface area contributed by atoms with Crippen LogP contribution in [-0.2, 0) is 44.7 Å². The summed E-state index contributed by atoms with van der Waals surface area (Å²) in [5, 5.41) is 5.25. The largest absolute Gasteiger partial charge is 2.00 e. The number of ketones is 1. The van der Waals surface area contributed by atoms with Gasteiger partial charge in [-0.15, -0.1) is 11.4 Å². The Morgan fingerprint density at radius 3 is 2.27 bits per heavy atom. The fourth-order valence-electron chi connectivity index (χ4n) is 9.58. The van der Waals surface area contributed by atoms with Crippen molar-refractivity contribution in [3.8, 4) is 0 Å². The Labute approximate surface area is 374 Å². The van der Waals surface area contributed by atoms with Gasteiger partial charge in [0.15, 0.2) is 5.78 Å². The first-order chi connectivity index (χ1) is 28.2. The van der Waals surface area contributed by atoms with E-state index in [4.69, 9.17) is 29.7 Å². The number of allylic oxidation sites excluding steroid dienone is 3. The van der Waals surface area contributed by atoms with E-state index >= 15 is 0 Å². The van der Waals surface area contributed by atoms with Crippen LogP contribution in [0.4, 0.5) is 0 Å². The second-order valence-corrected chi connectivity index (χ2v) is 17.8. The third-order valence-corrected chi connectivity index (χ3v) is 13.3. The molecule has 0 amide bonds. The quantitative estimate of drug-likeness (QED) is 0.0460. The van der Waals surface area contributed by atoms with Crippen molar-refractivity contribution in [2.75, 3.05) is 13.7 Å². The van der Waals surface area contributed by atoms with Crippen LogP contribution in [0.1, 0.15) is 165 Å². The summed E-state index contributed by atoms with van der Waals surface area (Å²) in [6.45, 7) is 23.9. The van der Waals surface area contributed by atoms with Gasteiger partial charge in [0, 0.05) is 12.0 Å². The predicted octanol–water partition coefficient (Wildman–Crippen LogP) is 9.82. The molecule has 5 heterocycles. The Bertz CT molecular complexity index is 2160. The second kappa shape index (κ2) is 20.4. The van der Waals surface area contributed by atoms with E-state index in [9.17, 15) is 14.4 Å². The van der Waals surface area contributed by atoms with Gasteiger partial charge in [-0.3, -0.25) is 14.4 Å². The average molecular weight is 826 g/mol. The zero-order chi connectivity index (χ0) is 42.7. The molecule has 1 fully saturated rings. The third-order valence-electron chi connectivity index (χ3n) is 13.3. The molecule has 320 valence electrons. The molecule has 3 aromatic rings. The first-order valence-electron chi connectivity index (χ1n) is 22.0. The van der Waals surface area contributed by atoms with Crippen molar-refractivity contribution in [3.63, 3.8) is 0 Å². The second-order valence-electron chi connectivity index (χ2n) is 17.8. The zero-order valence-corrected chi connectivity index (χ0v) is 39.4. The average Bonchev–Trinajstić information content (AvgIpc) is 3.94. The first kappa shape index (κ1) is 47.3. The Morgan fingerprint density at radius 2 is 1.60 bits per heavy atom. The smallest absolute Gasteiger partial charge is 0.664 e. The number of Topliss-reactive ketones (excluding diaryl/α,β-unsaturated/α-hetero) is 1. The van der Waals surface area contributed by atoms with Gasteiger partial charge >= 0.3 is 35.0 Å². The molecular formula is C50H65MgN4O5-3. The van der Waals surface area contributed by atoms with Crippen molar-refractivity contribution in [3.05, 3.63) is 103 Å². The Balaban J connectivity index is 0.00000683. The van der Waals surface area contributed by atoms with E-state index in [0.717, 1.165) is 87.5 Å². The monoisotopic (exact) mass is 825 g/mol. The van der Waals surface area contributed by atoms with Gasteiger partial charge in [0.1, 0.15) is 12.5 Å². The molecule has 0 unspecified atom stereocenters. The summed E-state index contributed by atoms with van der Waals surface area (Å²) in [5.74, 6) is -1.41. The summed E-state index contributed by atoms with van der Waals surface area (Å²) in [4.78, 5) is 56.7. The van der Waals surface area contributed by atoms with Gasteiger partial charge < -0.3 is 36.7 Å². The van der Waals surface area contributed by atoms with E-state index in [2.05, 4.69) is 62.3 Å². The van der Waals surface area contributed by atoms with Crippen LogP contribution in [0.2, 0.25) is 0 Å². The van der Waals surface area contributed by atoms with E-state index in [1.165, 1.54) is 43.9 Å². The molecule has 0 saturated carbocycles. The van der Waals surface area contributed by atoms with Gasteiger partial charge in [0.2, 0.25) is 0 Å². The number of hydrogen-bond acceptors (Lipinski definition) is 5. The molecule has 0 N–H and O–H groups in total. The molecule has 1 saturated heterocycles. The van der Waals surface area contributed by atoms with Crippen molar-refractivity contribution in [2.24, 2.45) is 29.6 Å². The molecule has 60 heavy (non-hydrogen) atoms. The summed E-state index contributed by atoms with van der Waals surface area (Å²) in [6, 6.07) is 0. The number of hydrogen-bond donors (Lipinski definition) is 0. The van der Waals surface area contributed by atoms with Crippen LogP contribution in [0.15, 0.2) is 23.0 Å². The van der Waals surface area contributed by atoms with Crippen LogP contribution < -0.4 is 15.0 Å². The summed E-state index contributed by atoms with van der Waals surface area (Å²) >= 11 is 0. The van der Waals surface area contributed by atoms with Crippen LogP contribution in [0.5, 0.6) is 0 Å². The fourth-order valence-corrected chi connectivity index (χ4v) is 9.58. The standard InChI is InChI=1S/C50H66N4O5.Mg/c1-12-34-30(7)37-24-39-32(9)36(20-21-43(55)59-23-22-29(6)19-15-18-28(5)17-14-16-27(3)4)47(53-39)45-46(50(57)58-11)49(56)44-33(10)40(54-48(44)45)26-42-35(13-2)31(8)38(52-42)25-41(34)51-37;/h22,24,27-28,32,36,46H,1,12-21,23,25-26H2,2-11H3,(H-,53,54,56);/q-4;+2/p-1/b29-22+,39-24-;/t28-,32+,36+,46-;/m1./s1. The van der Waals surface area contributed by atoms with Crippen LogP contribution in [0, 0.1) is 57.3 Å². The normalized spacial score (nSPS) is 21.1. The summed E-state index contributed by atoms with van der Waals surface area (Å²) in [7, 11) is 1.30. The molecule has 0 radical (unpaired) electrons. The molecule has 0 spiro atoms. The van der Waals surface area contributed by atoms with Gasteiger partial charge in [-0.25, -0.2) is 0 Å². The molecule has 0 aromatic carbocycles. The van der Waals surface area contributed by atoms with Crippen LogP contribution in [0.25, 0.3) is 17.0 Å². The van der Waals surface area contributed by atoms with Gasteiger partial charge in [-0.05, 0) is 96.0 Å². The topological polar surface area (TPSA) is 126 Å². The number of nitrogens with zero attached hydrogens (tertiary/aromatic N) is 4. The first-order valence-corrected chi connectivity index (χ1v) is 22.0. The molecule has 1 aliphatic carbocycles. The fraction of sp³-hybridized carbons (Fsp3) is 0.560. The maximum Gasteiger partial charge on any atom is 2.00 e. The molecule has 3 aliphatic rings. The minimum Gasteiger partial charge on any atom is -0.664 e. The van der Waals surface area contributed by atoms with Crippen molar-refractivity contribution >= 4 is 52.4 Å². The third kappa shape index (κ3) is 9.80. The van der Waals surface area contributed by atoms with Crippen molar-refractivity contribution in [1.82, 2.24) is 15.0 Å². The number of ether oxygens (including phenoxy) is 2. The van der Waals surface area contributed by atoms with Gasteiger partial charge in [0.25, 0.3) is 0 Å². The van der Waals surface area contributed by atoms with E-state index < -0.39 is 11.9 Å². The van der Waals surface area contributed by atoms with Crippen LogP contribution in [0.3, 0.4) is 0 Å². The van der Waals surface area contributed by atoms with Crippen molar-refractivity contribution in [2.45, 2.75) is 139 Å². The van der Waals surface area contributed by atoms with E-state index in [1.54, 1.807) is 0 Å². The van der Waals surface area contributed by atoms with E-state index in [0.29, 0.717) is 48.2 Å². The molecule has 3 aromatic heterocycles. The summed E-state index contributed by atoms with van der Waals surface area (Å²) in [6.07, 6.45) is 14.3. The van der Waals surface area contributed by atoms with Crippen LogP contribution >= 0.6 is 0 Å².